The molecule has 0 atom stereocenters. The zero-order chi connectivity index (χ0) is 19.7. The smallest absolute Gasteiger partial charge is 0.379 e. The van der Waals surface area contributed by atoms with Crippen LogP contribution in [0, 0.1) is 6.92 Å². The molecule has 0 amide bonds. The Morgan fingerprint density at radius 1 is 0.893 bits per heavy atom. The van der Waals surface area contributed by atoms with Crippen LogP contribution in [-0.2, 0) is 0 Å². The molecule has 0 aliphatic carbocycles. The molecule has 0 bridgehead atoms. The third kappa shape index (κ3) is 3.62. The van der Waals surface area contributed by atoms with Crippen LogP contribution in [0.2, 0.25) is 0 Å². The summed E-state index contributed by atoms with van der Waals surface area (Å²) in [5.74, 6) is -0.157. The summed E-state index contributed by atoms with van der Waals surface area (Å²) < 4.78 is 11.9. The molecule has 0 aliphatic rings. The lowest BCUT2D eigenvalue weighted by molar-refractivity contribution is 0.0702. The van der Waals surface area contributed by atoms with Gasteiger partial charge in [-0.15, -0.1) is 0 Å². The summed E-state index contributed by atoms with van der Waals surface area (Å²) in [4.78, 5) is 25.0. The minimum atomic E-state index is -0.586. The van der Waals surface area contributed by atoms with Crippen molar-refractivity contribution in [1.82, 2.24) is 0 Å². The Kier molecular flexibility index (Phi) is 4.84. The first-order chi connectivity index (χ1) is 13.5. The van der Waals surface area contributed by atoms with Crippen molar-refractivity contribution in [2.75, 3.05) is 0 Å². The molecule has 0 saturated heterocycles. The van der Waals surface area contributed by atoms with Crippen LogP contribution >= 0.6 is 15.9 Å². The number of carbonyl (C=O) groups is 2. The molecule has 0 N–H and O–H groups in total. The van der Waals surface area contributed by atoms with E-state index in [2.05, 4.69) is 15.9 Å². The first-order valence-corrected chi connectivity index (χ1v) is 9.42. The van der Waals surface area contributed by atoms with Crippen molar-refractivity contribution in [1.29, 1.82) is 0 Å². The highest BCUT2D eigenvalue weighted by Crippen LogP contribution is 2.26. The highest BCUT2D eigenvalue weighted by molar-refractivity contribution is 9.10. The van der Waals surface area contributed by atoms with Crippen LogP contribution in [0.1, 0.15) is 32.0 Å². The van der Waals surface area contributed by atoms with Gasteiger partial charge in [-0.1, -0.05) is 46.3 Å². The van der Waals surface area contributed by atoms with Gasteiger partial charge in [-0.2, -0.15) is 0 Å². The fraction of sp³-hybridized carbons (Fsp3) is 0.0435. The van der Waals surface area contributed by atoms with Gasteiger partial charge in [0.15, 0.2) is 5.78 Å². The van der Waals surface area contributed by atoms with Crippen molar-refractivity contribution in [3.8, 4) is 5.75 Å². The SMILES string of the molecule is Cc1cc(C(=O)c2ccccc2)ccc1OC(=O)c1cc2cc(Br)ccc2o1. The second-order valence-corrected chi connectivity index (χ2v) is 7.27. The fourth-order valence-electron chi connectivity index (χ4n) is 2.93. The fourth-order valence-corrected chi connectivity index (χ4v) is 3.31. The van der Waals surface area contributed by atoms with E-state index in [1.165, 1.54) is 0 Å². The molecule has 28 heavy (non-hydrogen) atoms. The predicted octanol–water partition coefficient (Wildman–Crippen LogP) is 5.95. The van der Waals surface area contributed by atoms with Crippen LogP contribution in [0.5, 0.6) is 5.75 Å². The van der Waals surface area contributed by atoms with Crippen LogP contribution in [0.4, 0.5) is 0 Å². The summed E-state index contributed by atoms with van der Waals surface area (Å²) in [5, 5.41) is 0.807. The third-order valence-electron chi connectivity index (χ3n) is 4.36. The van der Waals surface area contributed by atoms with E-state index in [1.807, 2.05) is 30.3 Å². The van der Waals surface area contributed by atoms with Gasteiger partial charge in [0.2, 0.25) is 5.76 Å². The summed E-state index contributed by atoms with van der Waals surface area (Å²) >= 11 is 3.39. The normalized spacial score (nSPS) is 10.8. The van der Waals surface area contributed by atoms with E-state index in [1.54, 1.807) is 49.4 Å². The van der Waals surface area contributed by atoms with Gasteiger partial charge in [0, 0.05) is 21.0 Å². The second-order valence-electron chi connectivity index (χ2n) is 6.36. The van der Waals surface area contributed by atoms with Crippen molar-refractivity contribution >= 4 is 38.7 Å². The summed E-state index contributed by atoms with van der Waals surface area (Å²) in [5.41, 5.74) is 2.45. The van der Waals surface area contributed by atoms with Crippen LogP contribution < -0.4 is 4.74 Å². The van der Waals surface area contributed by atoms with Crippen molar-refractivity contribution in [2.24, 2.45) is 0 Å². The average Bonchev–Trinajstić information content (AvgIpc) is 3.13. The number of furan rings is 1. The lowest BCUT2D eigenvalue weighted by Crippen LogP contribution is -2.09. The lowest BCUT2D eigenvalue weighted by Gasteiger charge is -2.08. The average molecular weight is 435 g/mol. The molecule has 5 heteroatoms. The number of hydrogen-bond donors (Lipinski definition) is 0. The zero-order valence-electron chi connectivity index (χ0n) is 14.9. The molecule has 0 fully saturated rings. The maximum Gasteiger partial charge on any atom is 0.379 e. The summed E-state index contributed by atoms with van der Waals surface area (Å²) in [6.45, 7) is 1.79. The van der Waals surface area contributed by atoms with Gasteiger partial charge < -0.3 is 9.15 Å². The Morgan fingerprint density at radius 2 is 1.68 bits per heavy atom. The van der Waals surface area contributed by atoms with E-state index < -0.39 is 5.97 Å². The van der Waals surface area contributed by atoms with Crippen molar-refractivity contribution in [3.63, 3.8) is 0 Å². The molecule has 0 radical (unpaired) electrons. The predicted molar refractivity (Wildman–Crippen MR) is 110 cm³/mol. The molecule has 4 aromatic rings. The molecule has 0 aliphatic heterocycles. The number of esters is 1. The van der Waals surface area contributed by atoms with Crippen LogP contribution in [0.25, 0.3) is 11.0 Å². The number of carbonyl (C=O) groups excluding carboxylic acids is 2. The molecular formula is C23H15BrO4. The Balaban J connectivity index is 1.56. The van der Waals surface area contributed by atoms with Gasteiger partial charge in [0.05, 0.1) is 0 Å². The Morgan fingerprint density at radius 3 is 2.43 bits per heavy atom. The van der Waals surface area contributed by atoms with Gasteiger partial charge in [-0.05, 0) is 55.0 Å². The maximum absolute atomic E-state index is 12.6. The summed E-state index contributed by atoms with van der Waals surface area (Å²) in [6, 6.07) is 21.2. The van der Waals surface area contributed by atoms with Gasteiger partial charge in [0.1, 0.15) is 11.3 Å². The monoisotopic (exact) mass is 434 g/mol. The van der Waals surface area contributed by atoms with Crippen molar-refractivity contribution < 1.29 is 18.7 Å². The van der Waals surface area contributed by atoms with Crippen molar-refractivity contribution in [3.05, 3.63) is 99.7 Å². The first-order valence-electron chi connectivity index (χ1n) is 8.63. The number of aryl methyl sites for hydroxylation is 1. The van der Waals surface area contributed by atoms with Gasteiger partial charge in [-0.25, -0.2) is 4.79 Å². The number of rotatable bonds is 4. The zero-order valence-corrected chi connectivity index (χ0v) is 16.5. The van der Waals surface area contributed by atoms with E-state index in [4.69, 9.17) is 9.15 Å². The second kappa shape index (κ2) is 7.44. The molecule has 0 unspecified atom stereocenters. The van der Waals surface area contributed by atoms with Crippen molar-refractivity contribution in [2.45, 2.75) is 6.92 Å². The minimum Gasteiger partial charge on any atom is -0.449 e. The molecule has 0 spiro atoms. The first kappa shape index (κ1) is 18.2. The topological polar surface area (TPSA) is 56.5 Å². The summed E-state index contributed by atoms with van der Waals surface area (Å²) in [6.07, 6.45) is 0. The van der Waals surface area contributed by atoms with E-state index >= 15 is 0 Å². The largest absolute Gasteiger partial charge is 0.449 e. The van der Waals surface area contributed by atoms with Gasteiger partial charge in [0.25, 0.3) is 0 Å². The third-order valence-corrected chi connectivity index (χ3v) is 4.85. The van der Waals surface area contributed by atoms with Gasteiger partial charge >= 0.3 is 5.97 Å². The minimum absolute atomic E-state index is 0.0792. The molecule has 4 rings (SSSR count). The summed E-state index contributed by atoms with van der Waals surface area (Å²) in [7, 11) is 0. The number of fused-ring (bicyclic) bond motifs is 1. The lowest BCUT2D eigenvalue weighted by atomic mass is 10.0. The number of benzene rings is 3. The van der Waals surface area contributed by atoms with Gasteiger partial charge in [-0.3, -0.25) is 4.79 Å². The Bertz CT molecular complexity index is 1190. The highest BCUT2D eigenvalue weighted by Gasteiger charge is 2.17. The molecule has 0 saturated carbocycles. The van der Waals surface area contributed by atoms with Crippen LogP contribution in [0.3, 0.4) is 0 Å². The molecular weight excluding hydrogens is 420 g/mol. The van der Waals surface area contributed by atoms with Crippen LogP contribution in [0.15, 0.2) is 81.7 Å². The molecule has 1 heterocycles. The van der Waals surface area contributed by atoms with E-state index in [0.717, 1.165) is 9.86 Å². The quantitative estimate of drug-likeness (QED) is 0.226. The number of ether oxygens (including phenoxy) is 1. The molecule has 4 nitrogen and oxygen atoms in total. The molecule has 138 valence electrons. The Labute approximate surface area is 169 Å². The molecule has 3 aromatic carbocycles. The Hall–Kier alpha value is -3.18. The van der Waals surface area contributed by atoms with E-state index in [0.29, 0.717) is 28.0 Å². The standard InChI is InChI=1S/C23H15BrO4/c1-14-11-16(22(25)15-5-3-2-4-6-15)7-9-19(14)28-23(26)21-13-17-12-18(24)8-10-20(17)27-21/h2-13H,1H3. The van der Waals surface area contributed by atoms with E-state index in [9.17, 15) is 9.59 Å². The number of ketones is 1. The number of hydrogen-bond acceptors (Lipinski definition) is 4. The van der Waals surface area contributed by atoms with E-state index in [-0.39, 0.29) is 11.5 Å². The van der Waals surface area contributed by atoms with Crippen LogP contribution in [-0.4, -0.2) is 11.8 Å². The maximum atomic E-state index is 12.6. The highest BCUT2D eigenvalue weighted by atomic mass is 79.9. The molecule has 1 aromatic heterocycles. The number of halogens is 1.